The van der Waals surface area contributed by atoms with Crippen LogP contribution in [0.1, 0.15) is 64.7 Å². The van der Waals surface area contributed by atoms with E-state index < -0.39 is 0 Å². The summed E-state index contributed by atoms with van der Waals surface area (Å²) in [5.41, 5.74) is 0. The van der Waals surface area contributed by atoms with Crippen LogP contribution in [0.2, 0.25) is 0 Å². The lowest BCUT2D eigenvalue weighted by atomic mass is 9.85. The summed E-state index contributed by atoms with van der Waals surface area (Å²) in [4.78, 5) is 0. The van der Waals surface area contributed by atoms with Gasteiger partial charge < -0.3 is 9.84 Å². The molecular formula is C15H28O2. The van der Waals surface area contributed by atoms with Crippen molar-refractivity contribution in [2.24, 2.45) is 11.8 Å². The van der Waals surface area contributed by atoms with Crippen LogP contribution in [0.5, 0.6) is 0 Å². The fourth-order valence-electron chi connectivity index (χ4n) is 3.48. The third kappa shape index (κ3) is 3.96. The van der Waals surface area contributed by atoms with Crippen molar-refractivity contribution in [2.75, 3.05) is 6.61 Å². The summed E-state index contributed by atoms with van der Waals surface area (Å²) in [5.74, 6) is 1.37. The quantitative estimate of drug-likeness (QED) is 0.796. The Kier molecular flexibility index (Phi) is 5.30. The van der Waals surface area contributed by atoms with Crippen LogP contribution in [0, 0.1) is 11.8 Å². The second-order valence-corrected chi connectivity index (χ2v) is 6.01. The Morgan fingerprint density at radius 2 is 1.88 bits per heavy atom. The van der Waals surface area contributed by atoms with Crippen LogP contribution in [0.15, 0.2) is 0 Å². The zero-order valence-electron chi connectivity index (χ0n) is 11.2. The number of hydrogen-bond donors (Lipinski definition) is 1. The van der Waals surface area contributed by atoms with Crippen LogP contribution in [0.4, 0.5) is 0 Å². The molecule has 2 heteroatoms. The minimum Gasteiger partial charge on any atom is -0.390 e. The molecule has 3 unspecified atom stereocenters. The molecule has 0 amide bonds. The Labute approximate surface area is 106 Å². The van der Waals surface area contributed by atoms with E-state index in [9.17, 15) is 5.11 Å². The topological polar surface area (TPSA) is 29.5 Å². The molecule has 0 spiro atoms. The normalized spacial score (nSPS) is 32.8. The number of rotatable bonds is 5. The molecule has 0 aliphatic heterocycles. The van der Waals surface area contributed by atoms with Crippen LogP contribution in [-0.2, 0) is 4.74 Å². The van der Waals surface area contributed by atoms with Crippen LogP contribution >= 0.6 is 0 Å². The maximum absolute atomic E-state index is 10.1. The Morgan fingerprint density at radius 1 is 1.12 bits per heavy atom. The number of aliphatic hydroxyl groups excluding tert-OH is 1. The van der Waals surface area contributed by atoms with Gasteiger partial charge in [0.15, 0.2) is 0 Å². The average molecular weight is 240 g/mol. The van der Waals surface area contributed by atoms with Crippen molar-refractivity contribution in [3.05, 3.63) is 0 Å². The number of aliphatic hydroxyl groups is 1. The van der Waals surface area contributed by atoms with Gasteiger partial charge in [0.25, 0.3) is 0 Å². The summed E-state index contributed by atoms with van der Waals surface area (Å²) >= 11 is 0. The van der Waals surface area contributed by atoms with Gasteiger partial charge in [-0.25, -0.2) is 0 Å². The standard InChI is InChI=1S/C15H28O2/c1-2-12-6-5-9-14(10-12)17-11-15(16)13-7-3-4-8-13/h12-16H,2-11H2,1H3. The first-order chi connectivity index (χ1) is 8.29. The van der Waals surface area contributed by atoms with Crippen molar-refractivity contribution in [2.45, 2.75) is 76.9 Å². The maximum Gasteiger partial charge on any atom is 0.0801 e. The van der Waals surface area contributed by atoms with Gasteiger partial charge in [0, 0.05) is 0 Å². The SMILES string of the molecule is CCC1CCCC(OCC(O)C2CCCC2)C1. The van der Waals surface area contributed by atoms with Gasteiger partial charge in [0.1, 0.15) is 0 Å². The van der Waals surface area contributed by atoms with Gasteiger partial charge >= 0.3 is 0 Å². The van der Waals surface area contributed by atoms with Gasteiger partial charge in [-0.15, -0.1) is 0 Å². The van der Waals surface area contributed by atoms with E-state index in [4.69, 9.17) is 4.74 Å². The van der Waals surface area contributed by atoms with E-state index in [2.05, 4.69) is 6.92 Å². The highest BCUT2D eigenvalue weighted by molar-refractivity contribution is 4.76. The fraction of sp³-hybridized carbons (Fsp3) is 1.00. The molecule has 0 heterocycles. The summed E-state index contributed by atoms with van der Waals surface area (Å²) in [5, 5.41) is 10.1. The summed E-state index contributed by atoms with van der Waals surface area (Å²) in [6.45, 7) is 2.85. The lowest BCUT2D eigenvalue weighted by molar-refractivity contribution is -0.0491. The lowest BCUT2D eigenvalue weighted by Gasteiger charge is -2.30. The number of ether oxygens (including phenoxy) is 1. The molecule has 0 radical (unpaired) electrons. The van der Waals surface area contributed by atoms with Gasteiger partial charge in [0.05, 0.1) is 18.8 Å². The second kappa shape index (κ2) is 6.75. The van der Waals surface area contributed by atoms with E-state index in [1.54, 1.807) is 0 Å². The maximum atomic E-state index is 10.1. The van der Waals surface area contributed by atoms with E-state index in [0.29, 0.717) is 18.6 Å². The molecule has 0 aromatic carbocycles. The Balaban J connectivity index is 1.66. The first-order valence-electron chi connectivity index (χ1n) is 7.59. The number of hydrogen-bond acceptors (Lipinski definition) is 2. The molecule has 17 heavy (non-hydrogen) atoms. The predicted octanol–water partition coefficient (Wildman–Crippen LogP) is 3.52. The molecule has 0 aromatic heterocycles. The molecule has 2 aliphatic carbocycles. The summed E-state index contributed by atoms with van der Waals surface area (Å²) in [6, 6.07) is 0. The van der Waals surface area contributed by atoms with Crippen molar-refractivity contribution >= 4 is 0 Å². The van der Waals surface area contributed by atoms with Crippen molar-refractivity contribution in [1.82, 2.24) is 0 Å². The lowest BCUT2D eigenvalue weighted by Crippen LogP contribution is -2.29. The average Bonchev–Trinajstić information content (AvgIpc) is 2.90. The summed E-state index contributed by atoms with van der Waals surface area (Å²) in [7, 11) is 0. The largest absolute Gasteiger partial charge is 0.390 e. The molecular weight excluding hydrogens is 212 g/mol. The van der Waals surface area contributed by atoms with Gasteiger partial charge in [-0.3, -0.25) is 0 Å². The van der Waals surface area contributed by atoms with Gasteiger partial charge in [-0.2, -0.15) is 0 Å². The van der Waals surface area contributed by atoms with E-state index in [-0.39, 0.29) is 6.10 Å². The molecule has 1 N–H and O–H groups in total. The van der Waals surface area contributed by atoms with Crippen molar-refractivity contribution in [1.29, 1.82) is 0 Å². The molecule has 2 aliphatic rings. The van der Waals surface area contributed by atoms with E-state index in [0.717, 1.165) is 5.92 Å². The van der Waals surface area contributed by atoms with Gasteiger partial charge in [0.2, 0.25) is 0 Å². The molecule has 2 saturated carbocycles. The molecule has 0 bridgehead atoms. The van der Waals surface area contributed by atoms with Crippen molar-refractivity contribution < 1.29 is 9.84 Å². The minimum absolute atomic E-state index is 0.209. The monoisotopic (exact) mass is 240 g/mol. The van der Waals surface area contributed by atoms with Crippen LogP contribution in [0.25, 0.3) is 0 Å². The Morgan fingerprint density at radius 3 is 2.59 bits per heavy atom. The van der Waals surface area contributed by atoms with E-state index in [1.807, 2.05) is 0 Å². The molecule has 2 nitrogen and oxygen atoms in total. The fourth-order valence-corrected chi connectivity index (χ4v) is 3.48. The van der Waals surface area contributed by atoms with Crippen LogP contribution < -0.4 is 0 Å². The smallest absolute Gasteiger partial charge is 0.0801 e. The van der Waals surface area contributed by atoms with Crippen LogP contribution in [0.3, 0.4) is 0 Å². The first kappa shape index (κ1) is 13.4. The molecule has 2 rings (SSSR count). The summed E-state index contributed by atoms with van der Waals surface area (Å²) < 4.78 is 5.94. The van der Waals surface area contributed by atoms with Gasteiger partial charge in [-0.05, 0) is 37.5 Å². The first-order valence-corrected chi connectivity index (χ1v) is 7.59. The van der Waals surface area contributed by atoms with Crippen LogP contribution in [-0.4, -0.2) is 23.9 Å². The molecule has 100 valence electrons. The third-order valence-electron chi connectivity index (χ3n) is 4.76. The minimum atomic E-state index is -0.209. The zero-order valence-corrected chi connectivity index (χ0v) is 11.2. The Hall–Kier alpha value is -0.0800. The van der Waals surface area contributed by atoms with E-state index >= 15 is 0 Å². The Bertz CT molecular complexity index is 211. The molecule has 2 fully saturated rings. The second-order valence-electron chi connectivity index (χ2n) is 6.01. The van der Waals surface area contributed by atoms with Crippen molar-refractivity contribution in [3.8, 4) is 0 Å². The molecule has 3 atom stereocenters. The predicted molar refractivity (Wildman–Crippen MR) is 70.0 cm³/mol. The zero-order chi connectivity index (χ0) is 12.1. The highest BCUT2D eigenvalue weighted by atomic mass is 16.5. The highest BCUT2D eigenvalue weighted by Gasteiger charge is 2.26. The molecule has 0 aromatic rings. The third-order valence-corrected chi connectivity index (χ3v) is 4.76. The highest BCUT2D eigenvalue weighted by Crippen LogP contribution is 2.30. The summed E-state index contributed by atoms with van der Waals surface area (Å²) in [6.07, 6.45) is 11.6. The molecule has 0 saturated heterocycles. The van der Waals surface area contributed by atoms with E-state index in [1.165, 1.54) is 57.8 Å². The van der Waals surface area contributed by atoms with Crippen molar-refractivity contribution in [3.63, 3.8) is 0 Å². The van der Waals surface area contributed by atoms with Gasteiger partial charge in [-0.1, -0.05) is 39.0 Å².